The maximum absolute atomic E-state index is 12.9. The van der Waals surface area contributed by atoms with Crippen LogP contribution in [-0.2, 0) is 11.2 Å². The van der Waals surface area contributed by atoms with Gasteiger partial charge in [0.15, 0.2) is 5.58 Å². The lowest BCUT2D eigenvalue weighted by Gasteiger charge is -2.39. The zero-order chi connectivity index (χ0) is 20.0. The monoisotopic (exact) mass is 389 g/mol. The summed E-state index contributed by atoms with van der Waals surface area (Å²) in [5.41, 5.74) is 5.38. The molecule has 3 aromatic rings. The molecule has 1 atom stereocenters. The van der Waals surface area contributed by atoms with Crippen molar-refractivity contribution < 1.29 is 9.21 Å². The summed E-state index contributed by atoms with van der Waals surface area (Å²) in [5, 5.41) is 0. The van der Waals surface area contributed by atoms with Gasteiger partial charge in [-0.25, -0.2) is 0 Å². The third-order valence-electron chi connectivity index (χ3n) is 6.13. The molecule has 5 nitrogen and oxygen atoms in total. The van der Waals surface area contributed by atoms with Crippen LogP contribution in [0, 0.1) is 6.92 Å². The number of carbonyl (C=O) groups is 1. The van der Waals surface area contributed by atoms with Crippen LogP contribution in [0.25, 0.3) is 11.1 Å². The first-order valence-electron chi connectivity index (χ1n) is 10.6. The first-order chi connectivity index (χ1) is 14.1. The van der Waals surface area contributed by atoms with E-state index in [0.29, 0.717) is 19.0 Å². The molecule has 0 N–H and O–H groups in total. The van der Waals surface area contributed by atoms with Crippen LogP contribution in [0.5, 0.6) is 0 Å². The van der Waals surface area contributed by atoms with Gasteiger partial charge < -0.3 is 14.2 Å². The Morgan fingerprint density at radius 2 is 1.93 bits per heavy atom. The predicted molar refractivity (Wildman–Crippen MR) is 114 cm³/mol. The Kier molecular flexibility index (Phi) is 4.53. The number of nitrogens with zero attached hydrogens (tertiary/aromatic N) is 3. The van der Waals surface area contributed by atoms with Crippen molar-refractivity contribution in [2.75, 3.05) is 24.5 Å². The molecule has 1 saturated carbocycles. The number of amides is 1. The highest BCUT2D eigenvalue weighted by Gasteiger charge is 2.29. The highest BCUT2D eigenvalue weighted by atomic mass is 16.4. The summed E-state index contributed by atoms with van der Waals surface area (Å²) in [4.78, 5) is 21.7. The number of oxazole rings is 1. The molecule has 0 bridgehead atoms. The molecule has 1 saturated heterocycles. The van der Waals surface area contributed by atoms with Crippen LogP contribution < -0.4 is 4.90 Å². The van der Waals surface area contributed by atoms with Crippen LogP contribution in [0.4, 0.5) is 6.01 Å². The Morgan fingerprint density at radius 1 is 1.14 bits per heavy atom. The van der Waals surface area contributed by atoms with Gasteiger partial charge in [0, 0.05) is 25.7 Å². The third-order valence-corrected chi connectivity index (χ3v) is 6.13. The normalized spacial score (nSPS) is 19.7. The maximum atomic E-state index is 12.9. The van der Waals surface area contributed by atoms with E-state index in [4.69, 9.17) is 4.42 Å². The fraction of sp³-hybridized carbons (Fsp3) is 0.417. The van der Waals surface area contributed by atoms with Gasteiger partial charge in [0.05, 0.1) is 6.42 Å². The van der Waals surface area contributed by atoms with Crippen LogP contribution >= 0.6 is 0 Å². The van der Waals surface area contributed by atoms with E-state index >= 15 is 0 Å². The van der Waals surface area contributed by atoms with E-state index in [1.165, 1.54) is 18.4 Å². The lowest BCUT2D eigenvalue weighted by Crippen LogP contribution is -2.54. The van der Waals surface area contributed by atoms with Crippen molar-refractivity contribution in [2.45, 2.75) is 45.1 Å². The molecule has 2 aromatic carbocycles. The van der Waals surface area contributed by atoms with Crippen molar-refractivity contribution in [3.8, 4) is 0 Å². The first kappa shape index (κ1) is 18.2. The van der Waals surface area contributed by atoms with Gasteiger partial charge in [0.2, 0.25) is 5.91 Å². The number of benzene rings is 2. The largest absolute Gasteiger partial charge is 0.423 e. The lowest BCUT2D eigenvalue weighted by atomic mass is 10.0. The maximum Gasteiger partial charge on any atom is 0.298 e. The van der Waals surface area contributed by atoms with Crippen LogP contribution in [0.3, 0.4) is 0 Å². The van der Waals surface area contributed by atoms with Crippen LogP contribution in [0.2, 0.25) is 0 Å². The summed E-state index contributed by atoms with van der Waals surface area (Å²) in [6, 6.07) is 15.5. The van der Waals surface area contributed by atoms with Gasteiger partial charge in [0.25, 0.3) is 6.01 Å². The highest BCUT2D eigenvalue weighted by Crippen LogP contribution is 2.39. The fourth-order valence-corrected chi connectivity index (χ4v) is 4.26. The summed E-state index contributed by atoms with van der Waals surface area (Å²) in [6.45, 7) is 6.32. The minimum Gasteiger partial charge on any atom is -0.423 e. The number of hydrogen-bond acceptors (Lipinski definition) is 4. The number of carbonyl (C=O) groups excluding carboxylic acids is 1. The number of hydrogen-bond donors (Lipinski definition) is 0. The molecule has 1 aliphatic heterocycles. The predicted octanol–water partition coefficient (Wildman–Crippen LogP) is 4.29. The van der Waals surface area contributed by atoms with Gasteiger partial charge in [-0.2, -0.15) is 4.98 Å². The van der Waals surface area contributed by atoms with Gasteiger partial charge in [0.1, 0.15) is 5.52 Å². The second-order valence-electron chi connectivity index (χ2n) is 8.54. The summed E-state index contributed by atoms with van der Waals surface area (Å²) in [5.74, 6) is 0.952. The van der Waals surface area contributed by atoms with Crippen molar-refractivity contribution in [3.05, 3.63) is 59.2 Å². The Labute approximate surface area is 171 Å². The highest BCUT2D eigenvalue weighted by molar-refractivity contribution is 5.79. The van der Waals surface area contributed by atoms with Gasteiger partial charge in [-0.1, -0.05) is 30.3 Å². The van der Waals surface area contributed by atoms with E-state index in [9.17, 15) is 4.79 Å². The SMILES string of the molecule is Cc1ccc2nc(N3CCN(C(=O)Cc4ccc(C5CC5)cc4)C(C)C3)oc2c1. The molecule has 150 valence electrons. The van der Waals surface area contributed by atoms with Gasteiger partial charge >= 0.3 is 0 Å². The number of aromatic nitrogens is 1. The Hall–Kier alpha value is -2.82. The average Bonchev–Trinajstić information content (AvgIpc) is 3.47. The zero-order valence-corrected chi connectivity index (χ0v) is 17.1. The molecule has 5 rings (SSSR count). The fourth-order valence-electron chi connectivity index (χ4n) is 4.26. The molecule has 1 amide bonds. The van der Waals surface area contributed by atoms with Crippen LogP contribution in [0.15, 0.2) is 46.9 Å². The molecule has 2 fully saturated rings. The summed E-state index contributed by atoms with van der Waals surface area (Å²) in [7, 11) is 0. The van der Waals surface area contributed by atoms with E-state index in [2.05, 4.69) is 41.1 Å². The van der Waals surface area contributed by atoms with E-state index < -0.39 is 0 Å². The third kappa shape index (κ3) is 3.74. The van der Waals surface area contributed by atoms with Crippen molar-refractivity contribution in [3.63, 3.8) is 0 Å². The number of fused-ring (bicyclic) bond motifs is 1. The summed E-state index contributed by atoms with van der Waals surface area (Å²) < 4.78 is 5.97. The molecular weight excluding hydrogens is 362 g/mol. The Balaban J connectivity index is 1.23. The van der Waals surface area contributed by atoms with Gasteiger partial charge in [-0.3, -0.25) is 4.79 Å². The van der Waals surface area contributed by atoms with E-state index in [1.54, 1.807) is 0 Å². The van der Waals surface area contributed by atoms with Crippen LogP contribution in [-0.4, -0.2) is 41.5 Å². The molecule has 1 aromatic heterocycles. The first-order valence-corrected chi connectivity index (χ1v) is 10.6. The van der Waals surface area contributed by atoms with Crippen molar-refractivity contribution >= 4 is 23.0 Å². The number of anilines is 1. The summed E-state index contributed by atoms with van der Waals surface area (Å²) >= 11 is 0. The number of rotatable bonds is 4. The standard InChI is InChI=1S/C24H27N3O2/c1-16-3-10-21-22(13-16)29-24(25-21)26-11-12-27(17(2)15-26)23(28)14-18-4-6-19(7-5-18)20-8-9-20/h3-7,10,13,17,20H,8-9,11-12,14-15H2,1-2H3. The second-order valence-corrected chi connectivity index (χ2v) is 8.54. The summed E-state index contributed by atoms with van der Waals surface area (Å²) in [6.07, 6.45) is 3.08. The quantitative estimate of drug-likeness (QED) is 0.668. The molecule has 0 spiro atoms. The topological polar surface area (TPSA) is 49.6 Å². The van der Waals surface area contributed by atoms with E-state index in [1.807, 2.05) is 30.0 Å². The van der Waals surface area contributed by atoms with Crippen molar-refractivity contribution in [2.24, 2.45) is 0 Å². The van der Waals surface area contributed by atoms with E-state index in [-0.39, 0.29) is 11.9 Å². The smallest absolute Gasteiger partial charge is 0.298 e. The van der Waals surface area contributed by atoms with Gasteiger partial charge in [-0.05, 0) is 61.4 Å². The molecule has 1 unspecified atom stereocenters. The average molecular weight is 389 g/mol. The number of piperazine rings is 1. The molecule has 0 radical (unpaired) electrons. The Morgan fingerprint density at radius 3 is 2.66 bits per heavy atom. The van der Waals surface area contributed by atoms with Gasteiger partial charge in [-0.15, -0.1) is 0 Å². The molecule has 2 aliphatic rings. The molecule has 29 heavy (non-hydrogen) atoms. The second kappa shape index (κ2) is 7.21. The zero-order valence-electron chi connectivity index (χ0n) is 17.1. The minimum absolute atomic E-state index is 0.124. The van der Waals surface area contributed by atoms with Crippen molar-refractivity contribution in [1.29, 1.82) is 0 Å². The van der Waals surface area contributed by atoms with E-state index in [0.717, 1.165) is 41.2 Å². The minimum atomic E-state index is 0.124. The number of aryl methyl sites for hydroxylation is 1. The molecule has 1 aliphatic carbocycles. The molecule has 2 heterocycles. The van der Waals surface area contributed by atoms with Crippen molar-refractivity contribution in [1.82, 2.24) is 9.88 Å². The molecule has 5 heteroatoms. The molecular formula is C24H27N3O2. The van der Waals surface area contributed by atoms with Crippen LogP contribution in [0.1, 0.15) is 42.4 Å². The Bertz CT molecular complexity index is 1040. The lowest BCUT2D eigenvalue weighted by molar-refractivity contribution is -0.132.